The summed E-state index contributed by atoms with van der Waals surface area (Å²) in [6, 6.07) is 7.09. The number of nitrogens with one attached hydrogen (secondary N) is 1. The zero-order chi connectivity index (χ0) is 18.1. The van der Waals surface area contributed by atoms with E-state index in [1.54, 1.807) is 25.1 Å². The molecule has 1 saturated carbocycles. The van der Waals surface area contributed by atoms with Crippen molar-refractivity contribution < 1.29 is 19.4 Å². The molecule has 0 aromatic heterocycles. The maximum absolute atomic E-state index is 12.4. The van der Waals surface area contributed by atoms with Crippen molar-refractivity contribution in [2.75, 3.05) is 13.2 Å². The first-order valence-electron chi connectivity index (χ1n) is 8.96. The second kappa shape index (κ2) is 10.5. The molecule has 0 spiro atoms. The Hall–Kier alpha value is -1.53. The molecule has 1 aliphatic rings. The zero-order valence-corrected chi connectivity index (χ0v) is 15.5. The summed E-state index contributed by atoms with van der Waals surface area (Å²) in [7, 11) is 0. The quantitative estimate of drug-likeness (QED) is 0.417. The van der Waals surface area contributed by atoms with Crippen molar-refractivity contribution in [1.82, 2.24) is 5.32 Å². The van der Waals surface area contributed by atoms with E-state index in [1.807, 2.05) is 6.07 Å². The molecule has 0 aliphatic heterocycles. The molecule has 1 amide bonds. The lowest BCUT2D eigenvalue weighted by atomic mass is 10.1. The summed E-state index contributed by atoms with van der Waals surface area (Å²) in [6.45, 7) is 2.59. The van der Waals surface area contributed by atoms with Crippen molar-refractivity contribution in [2.24, 2.45) is 0 Å². The van der Waals surface area contributed by atoms with Gasteiger partial charge in [-0.15, -0.1) is 11.8 Å². The van der Waals surface area contributed by atoms with Crippen LogP contribution < -0.4 is 5.32 Å². The number of benzene rings is 1. The highest BCUT2D eigenvalue weighted by Crippen LogP contribution is 2.27. The fourth-order valence-corrected chi connectivity index (χ4v) is 3.82. The monoisotopic (exact) mass is 365 g/mol. The summed E-state index contributed by atoms with van der Waals surface area (Å²) >= 11 is 1.18. The Bertz CT molecular complexity index is 570. The largest absolute Gasteiger partial charge is 0.480 e. The normalized spacial score (nSPS) is 16.8. The van der Waals surface area contributed by atoms with Crippen molar-refractivity contribution in [3.05, 3.63) is 29.8 Å². The molecular weight excluding hydrogens is 338 g/mol. The number of amides is 1. The molecule has 1 fully saturated rings. The molecular formula is C19H27NO4S. The molecule has 1 aliphatic carbocycles. The van der Waals surface area contributed by atoms with Crippen LogP contribution in [0.2, 0.25) is 0 Å². The Labute approximate surface area is 153 Å². The van der Waals surface area contributed by atoms with Crippen molar-refractivity contribution in [3.8, 4) is 0 Å². The van der Waals surface area contributed by atoms with E-state index in [0.29, 0.717) is 29.7 Å². The number of carboxylic acids is 1. The summed E-state index contributed by atoms with van der Waals surface area (Å²) in [5.74, 6) is -1.08. The van der Waals surface area contributed by atoms with E-state index in [1.165, 1.54) is 37.4 Å². The highest BCUT2D eigenvalue weighted by Gasteiger charge is 2.18. The Kier molecular flexibility index (Phi) is 8.28. The van der Waals surface area contributed by atoms with E-state index in [4.69, 9.17) is 9.84 Å². The summed E-state index contributed by atoms with van der Waals surface area (Å²) in [5.41, 5.74) is 0.509. The van der Waals surface area contributed by atoms with E-state index in [0.717, 1.165) is 12.8 Å². The van der Waals surface area contributed by atoms with Crippen LogP contribution in [-0.2, 0) is 9.53 Å². The van der Waals surface area contributed by atoms with Crippen LogP contribution in [0.1, 0.15) is 55.8 Å². The van der Waals surface area contributed by atoms with E-state index < -0.39 is 11.2 Å². The average molecular weight is 365 g/mol. The number of carbonyl (C=O) groups is 2. The Morgan fingerprint density at radius 1 is 1.24 bits per heavy atom. The molecule has 1 aromatic rings. The first-order chi connectivity index (χ1) is 12.1. The van der Waals surface area contributed by atoms with Gasteiger partial charge in [0.05, 0.1) is 18.3 Å². The highest BCUT2D eigenvalue weighted by atomic mass is 32.2. The molecule has 5 nitrogen and oxygen atoms in total. The van der Waals surface area contributed by atoms with Crippen LogP contribution in [0.5, 0.6) is 0 Å². The topological polar surface area (TPSA) is 75.6 Å². The summed E-state index contributed by atoms with van der Waals surface area (Å²) < 4.78 is 5.88. The Morgan fingerprint density at radius 2 is 1.92 bits per heavy atom. The molecule has 25 heavy (non-hydrogen) atoms. The van der Waals surface area contributed by atoms with Gasteiger partial charge < -0.3 is 15.2 Å². The third-order valence-electron chi connectivity index (χ3n) is 4.33. The van der Waals surface area contributed by atoms with Crippen molar-refractivity contribution >= 4 is 23.6 Å². The minimum absolute atomic E-state index is 0.190. The van der Waals surface area contributed by atoms with E-state index in [2.05, 4.69) is 5.32 Å². The average Bonchev–Trinajstić information content (AvgIpc) is 2.87. The van der Waals surface area contributed by atoms with Gasteiger partial charge in [0.25, 0.3) is 5.91 Å². The predicted molar refractivity (Wildman–Crippen MR) is 99.2 cm³/mol. The summed E-state index contributed by atoms with van der Waals surface area (Å²) in [6.07, 6.45) is 7.58. The minimum Gasteiger partial charge on any atom is -0.480 e. The van der Waals surface area contributed by atoms with Crippen molar-refractivity contribution in [3.63, 3.8) is 0 Å². The van der Waals surface area contributed by atoms with Gasteiger partial charge in [0, 0.05) is 11.4 Å². The number of hydrogen-bond donors (Lipinski definition) is 2. The molecule has 2 rings (SSSR count). The van der Waals surface area contributed by atoms with Crippen LogP contribution in [-0.4, -0.2) is 41.5 Å². The molecule has 138 valence electrons. The number of hydrogen-bond acceptors (Lipinski definition) is 4. The van der Waals surface area contributed by atoms with E-state index in [9.17, 15) is 9.59 Å². The van der Waals surface area contributed by atoms with Gasteiger partial charge in [0.15, 0.2) is 0 Å². The van der Waals surface area contributed by atoms with E-state index >= 15 is 0 Å². The smallest absolute Gasteiger partial charge is 0.316 e. The first-order valence-corrected chi connectivity index (χ1v) is 9.84. The lowest BCUT2D eigenvalue weighted by molar-refractivity contribution is -0.136. The van der Waals surface area contributed by atoms with Crippen LogP contribution in [0, 0.1) is 0 Å². The lowest BCUT2D eigenvalue weighted by Crippen LogP contribution is -2.29. The summed E-state index contributed by atoms with van der Waals surface area (Å²) in [5, 5.41) is 11.3. The standard InChI is InChI=1S/C19H27NO4S/c1-14(19(22)23)25-17-11-7-6-10-16(17)18(21)20-12-13-24-15-8-4-2-3-5-9-15/h6-7,10-11,14-15H,2-5,8-9,12-13H2,1H3,(H,20,21)(H,22,23). The molecule has 6 heteroatoms. The summed E-state index contributed by atoms with van der Waals surface area (Å²) in [4.78, 5) is 24.1. The number of aliphatic carboxylic acids is 1. The van der Waals surface area contributed by atoms with Gasteiger partial charge in [-0.3, -0.25) is 9.59 Å². The fourth-order valence-electron chi connectivity index (χ4n) is 2.89. The van der Waals surface area contributed by atoms with Crippen LogP contribution in [0.25, 0.3) is 0 Å². The second-order valence-corrected chi connectivity index (χ2v) is 7.72. The van der Waals surface area contributed by atoms with Gasteiger partial charge in [-0.2, -0.15) is 0 Å². The van der Waals surface area contributed by atoms with Gasteiger partial charge >= 0.3 is 5.97 Å². The van der Waals surface area contributed by atoms with Gasteiger partial charge in [0.1, 0.15) is 5.25 Å². The SMILES string of the molecule is CC(Sc1ccccc1C(=O)NCCOC1CCCCCC1)C(=O)O. The van der Waals surface area contributed by atoms with Crippen LogP contribution in [0.15, 0.2) is 29.2 Å². The fraction of sp³-hybridized carbons (Fsp3) is 0.579. The third-order valence-corrected chi connectivity index (χ3v) is 5.49. The first kappa shape index (κ1) is 19.8. The molecule has 2 N–H and O–H groups in total. The van der Waals surface area contributed by atoms with E-state index in [-0.39, 0.29) is 5.91 Å². The maximum atomic E-state index is 12.4. The zero-order valence-electron chi connectivity index (χ0n) is 14.7. The molecule has 1 unspecified atom stereocenters. The van der Waals surface area contributed by atoms with Gasteiger partial charge in [0.2, 0.25) is 0 Å². The molecule has 0 bridgehead atoms. The minimum atomic E-state index is -0.892. The van der Waals surface area contributed by atoms with Gasteiger partial charge in [-0.25, -0.2) is 0 Å². The van der Waals surface area contributed by atoms with Crippen LogP contribution in [0.4, 0.5) is 0 Å². The van der Waals surface area contributed by atoms with Crippen LogP contribution in [0.3, 0.4) is 0 Å². The third kappa shape index (κ3) is 6.71. The molecule has 1 aromatic carbocycles. The number of ether oxygens (including phenoxy) is 1. The molecule has 1 atom stereocenters. The van der Waals surface area contributed by atoms with Gasteiger partial charge in [-0.05, 0) is 31.9 Å². The van der Waals surface area contributed by atoms with Crippen LogP contribution >= 0.6 is 11.8 Å². The number of carbonyl (C=O) groups excluding carboxylic acids is 1. The van der Waals surface area contributed by atoms with Crippen molar-refractivity contribution in [2.45, 2.75) is 61.7 Å². The molecule has 0 saturated heterocycles. The second-order valence-electron chi connectivity index (χ2n) is 6.33. The highest BCUT2D eigenvalue weighted by molar-refractivity contribution is 8.00. The van der Waals surface area contributed by atoms with Gasteiger partial charge in [-0.1, -0.05) is 37.8 Å². The van der Waals surface area contributed by atoms with Crippen molar-refractivity contribution in [1.29, 1.82) is 0 Å². The predicted octanol–water partition coefficient (Wildman–Crippen LogP) is 3.72. The number of rotatable bonds is 8. The molecule has 0 heterocycles. The Morgan fingerprint density at radius 3 is 2.60 bits per heavy atom. The molecule has 0 radical (unpaired) electrons. The lowest BCUT2D eigenvalue weighted by Gasteiger charge is -2.16. The number of thioether (sulfide) groups is 1. The maximum Gasteiger partial charge on any atom is 0.316 e. The Balaban J connectivity index is 1.81. The number of carboxylic acid groups (broad SMARTS) is 1.